The van der Waals surface area contributed by atoms with Gasteiger partial charge in [0.2, 0.25) is 5.91 Å². The minimum absolute atomic E-state index is 0.0334. The number of hydrogen-bond donors (Lipinski definition) is 1. The molecule has 0 aliphatic carbocycles. The van der Waals surface area contributed by atoms with Crippen LogP contribution in [0.3, 0.4) is 0 Å². The maximum atomic E-state index is 12.4. The Morgan fingerprint density at radius 3 is 2.06 bits per heavy atom. The minimum Gasteiger partial charge on any atom is -0.326 e. The van der Waals surface area contributed by atoms with Gasteiger partial charge in [0, 0.05) is 18.2 Å². The number of anilines is 1. The smallest absolute Gasteiger partial charge is 0.326 e. The van der Waals surface area contributed by atoms with Crippen LogP contribution in [-0.2, 0) is 4.79 Å². The molecule has 0 saturated heterocycles. The molecule has 0 aliphatic rings. The standard InChI is InChI=1S/C12H12F3NO2/c1-7(12(13,14)15)11(18)9-3-5-10(6-4-9)16-8(2)17/h3-7H,1-2H3,(H,16,17). The Kier molecular flexibility index (Phi) is 4.11. The summed E-state index contributed by atoms with van der Waals surface area (Å²) in [5.74, 6) is -3.32. The van der Waals surface area contributed by atoms with E-state index in [1.54, 1.807) is 0 Å². The number of nitrogens with one attached hydrogen (secondary N) is 1. The quantitative estimate of drug-likeness (QED) is 0.848. The summed E-state index contributed by atoms with van der Waals surface area (Å²) in [6.45, 7) is 2.13. The first kappa shape index (κ1) is 14.2. The maximum absolute atomic E-state index is 12.4. The molecule has 0 bridgehead atoms. The van der Waals surface area contributed by atoms with Crippen molar-refractivity contribution in [1.82, 2.24) is 0 Å². The van der Waals surface area contributed by atoms with Crippen LogP contribution in [0.4, 0.5) is 18.9 Å². The molecule has 1 aromatic rings. The third kappa shape index (κ3) is 3.58. The van der Waals surface area contributed by atoms with Gasteiger partial charge in [0.1, 0.15) is 5.92 Å². The highest BCUT2D eigenvalue weighted by atomic mass is 19.4. The van der Waals surface area contributed by atoms with Gasteiger partial charge in [-0.2, -0.15) is 13.2 Å². The Labute approximate surface area is 102 Å². The van der Waals surface area contributed by atoms with E-state index in [0.717, 1.165) is 6.92 Å². The van der Waals surface area contributed by atoms with E-state index in [0.29, 0.717) is 5.69 Å². The van der Waals surface area contributed by atoms with Gasteiger partial charge in [-0.15, -0.1) is 0 Å². The van der Waals surface area contributed by atoms with Gasteiger partial charge < -0.3 is 5.32 Å². The van der Waals surface area contributed by atoms with Crippen LogP contribution in [-0.4, -0.2) is 17.9 Å². The number of benzene rings is 1. The third-order valence-electron chi connectivity index (χ3n) is 2.37. The molecule has 1 rings (SSSR count). The lowest BCUT2D eigenvalue weighted by molar-refractivity contribution is -0.155. The second-order valence-electron chi connectivity index (χ2n) is 3.89. The van der Waals surface area contributed by atoms with Crippen molar-refractivity contribution in [2.45, 2.75) is 20.0 Å². The summed E-state index contributed by atoms with van der Waals surface area (Å²) in [5, 5.41) is 2.46. The molecule has 0 spiro atoms. The lowest BCUT2D eigenvalue weighted by Crippen LogP contribution is -2.27. The molecule has 0 saturated carbocycles. The van der Waals surface area contributed by atoms with Crippen molar-refractivity contribution >= 4 is 17.4 Å². The van der Waals surface area contributed by atoms with Crippen LogP contribution < -0.4 is 5.32 Å². The molecule has 1 amide bonds. The Bertz CT molecular complexity index is 451. The topological polar surface area (TPSA) is 46.2 Å². The zero-order chi connectivity index (χ0) is 13.9. The number of Topliss-reactive ketones (excluding diaryl/α,β-unsaturated/α-hetero) is 1. The molecule has 3 nitrogen and oxygen atoms in total. The predicted molar refractivity (Wildman–Crippen MR) is 60.3 cm³/mol. The number of carbonyl (C=O) groups excluding carboxylic acids is 2. The minimum atomic E-state index is -4.55. The molecule has 0 aromatic heterocycles. The summed E-state index contributed by atoms with van der Waals surface area (Å²) in [6, 6.07) is 5.29. The van der Waals surface area contributed by atoms with Gasteiger partial charge in [-0.25, -0.2) is 0 Å². The maximum Gasteiger partial charge on any atom is 0.398 e. The third-order valence-corrected chi connectivity index (χ3v) is 2.37. The number of halogens is 3. The monoisotopic (exact) mass is 259 g/mol. The van der Waals surface area contributed by atoms with Crippen LogP contribution >= 0.6 is 0 Å². The highest BCUT2D eigenvalue weighted by molar-refractivity contribution is 5.98. The molecule has 0 radical (unpaired) electrons. The van der Waals surface area contributed by atoms with Crippen LogP contribution in [0.1, 0.15) is 24.2 Å². The van der Waals surface area contributed by atoms with Crippen LogP contribution in [0, 0.1) is 5.92 Å². The summed E-state index contributed by atoms with van der Waals surface area (Å²) in [4.78, 5) is 22.3. The second kappa shape index (κ2) is 5.20. The molecular weight excluding hydrogens is 247 g/mol. The SMILES string of the molecule is CC(=O)Nc1ccc(C(=O)C(C)C(F)(F)F)cc1. The lowest BCUT2D eigenvalue weighted by atomic mass is 9.99. The van der Waals surface area contributed by atoms with E-state index in [-0.39, 0.29) is 11.5 Å². The van der Waals surface area contributed by atoms with E-state index >= 15 is 0 Å². The van der Waals surface area contributed by atoms with E-state index in [4.69, 9.17) is 0 Å². The van der Waals surface area contributed by atoms with Crippen molar-refractivity contribution in [2.75, 3.05) is 5.32 Å². The van der Waals surface area contributed by atoms with Gasteiger partial charge in [-0.3, -0.25) is 9.59 Å². The molecule has 1 aromatic carbocycles. The molecular formula is C12H12F3NO2. The predicted octanol–water partition coefficient (Wildman–Crippen LogP) is 3.03. The molecule has 1 N–H and O–H groups in total. The molecule has 1 atom stereocenters. The second-order valence-corrected chi connectivity index (χ2v) is 3.89. The van der Waals surface area contributed by atoms with Gasteiger partial charge in [-0.1, -0.05) is 0 Å². The van der Waals surface area contributed by atoms with Crippen LogP contribution in [0.5, 0.6) is 0 Å². The normalized spacial score (nSPS) is 12.9. The van der Waals surface area contributed by atoms with E-state index in [1.165, 1.54) is 31.2 Å². The average Bonchev–Trinajstić information content (AvgIpc) is 2.26. The Morgan fingerprint density at radius 2 is 1.67 bits per heavy atom. The van der Waals surface area contributed by atoms with Crippen LogP contribution in [0.2, 0.25) is 0 Å². The van der Waals surface area contributed by atoms with E-state index in [1.807, 2.05) is 0 Å². The lowest BCUT2D eigenvalue weighted by Gasteiger charge is -2.14. The zero-order valence-electron chi connectivity index (χ0n) is 9.84. The fourth-order valence-electron chi connectivity index (χ4n) is 1.32. The van der Waals surface area contributed by atoms with Crippen LogP contribution in [0.15, 0.2) is 24.3 Å². The number of hydrogen-bond acceptors (Lipinski definition) is 2. The van der Waals surface area contributed by atoms with Crippen molar-refractivity contribution in [2.24, 2.45) is 5.92 Å². The fraction of sp³-hybridized carbons (Fsp3) is 0.333. The summed E-state index contributed by atoms with van der Waals surface area (Å²) in [5.41, 5.74) is 0.396. The first-order valence-corrected chi connectivity index (χ1v) is 5.20. The van der Waals surface area contributed by atoms with Gasteiger partial charge in [0.25, 0.3) is 0 Å². The molecule has 0 fully saturated rings. The summed E-state index contributed by atoms with van der Waals surface area (Å²) >= 11 is 0. The summed E-state index contributed by atoms with van der Waals surface area (Å²) in [6.07, 6.45) is -4.55. The molecule has 98 valence electrons. The number of carbonyl (C=O) groups is 2. The summed E-state index contributed by atoms with van der Waals surface area (Å²) in [7, 11) is 0. The Morgan fingerprint density at radius 1 is 1.17 bits per heavy atom. The largest absolute Gasteiger partial charge is 0.398 e. The average molecular weight is 259 g/mol. The van der Waals surface area contributed by atoms with Crippen LogP contribution in [0.25, 0.3) is 0 Å². The summed E-state index contributed by atoms with van der Waals surface area (Å²) < 4.78 is 37.1. The number of rotatable bonds is 3. The number of alkyl halides is 3. The van der Waals surface area contributed by atoms with Crippen molar-refractivity contribution in [3.63, 3.8) is 0 Å². The molecule has 1 unspecified atom stereocenters. The van der Waals surface area contributed by atoms with Crippen molar-refractivity contribution in [3.05, 3.63) is 29.8 Å². The Hall–Kier alpha value is -1.85. The van der Waals surface area contributed by atoms with Crippen molar-refractivity contribution in [1.29, 1.82) is 0 Å². The molecule has 0 heterocycles. The number of amides is 1. The number of ketones is 1. The first-order chi connectivity index (χ1) is 8.21. The van der Waals surface area contributed by atoms with E-state index in [9.17, 15) is 22.8 Å². The van der Waals surface area contributed by atoms with Gasteiger partial charge in [-0.05, 0) is 31.2 Å². The molecule has 6 heteroatoms. The van der Waals surface area contributed by atoms with Crippen molar-refractivity contribution < 1.29 is 22.8 Å². The fourth-order valence-corrected chi connectivity index (χ4v) is 1.32. The highest BCUT2D eigenvalue weighted by Crippen LogP contribution is 2.28. The van der Waals surface area contributed by atoms with Gasteiger partial charge >= 0.3 is 6.18 Å². The van der Waals surface area contributed by atoms with E-state index in [2.05, 4.69) is 5.32 Å². The van der Waals surface area contributed by atoms with E-state index < -0.39 is 17.9 Å². The van der Waals surface area contributed by atoms with Gasteiger partial charge in [0.05, 0.1) is 0 Å². The zero-order valence-corrected chi connectivity index (χ0v) is 9.84. The van der Waals surface area contributed by atoms with Crippen molar-refractivity contribution in [3.8, 4) is 0 Å². The first-order valence-electron chi connectivity index (χ1n) is 5.20. The Balaban J connectivity index is 2.85. The molecule has 18 heavy (non-hydrogen) atoms. The highest BCUT2D eigenvalue weighted by Gasteiger charge is 2.41. The van der Waals surface area contributed by atoms with Gasteiger partial charge in [0.15, 0.2) is 5.78 Å². The molecule has 0 aliphatic heterocycles.